The number of rotatable bonds is 4. The molecule has 0 bridgehead atoms. The number of piperidine rings is 1. The summed E-state index contributed by atoms with van der Waals surface area (Å²) in [5, 5.41) is 5.58. The first kappa shape index (κ1) is 14.7. The van der Waals surface area contributed by atoms with Gasteiger partial charge in [0.2, 0.25) is 0 Å². The number of esters is 1. The molecule has 1 saturated heterocycles. The zero-order valence-corrected chi connectivity index (χ0v) is 9.68. The molecule has 1 fully saturated rings. The second kappa shape index (κ2) is 6.58. The van der Waals surface area contributed by atoms with Crippen LogP contribution in [0.3, 0.4) is 0 Å². The lowest BCUT2D eigenvalue weighted by molar-refractivity contribution is -0.200. The Bertz CT molecular complexity index is 301. The molecule has 0 spiro atoms. The van der Waals surface area contributed by atoms with Crippen molar-refractivity contribution in [1.29, 1.82) is 0 Å². The van der Waals surface area contributed by atoms with E-state index in [0.29, 0.717) is 6.54 Å². The minimum absolute atomic E-state index is 0.265. The van der Waals surface area contributed by atoms with Crippen molar-refractivity contribution in [3.8, 4) is 0 Å². The van der Waals surface area contributed by atoms with Gasteiger partial charge in [0, 0.05) is 6.54 Å². The molecule has 2 N–H and O–H groups in total. The van der Waals surface area contributed by atoms with Crippen LogP contribution < -0.4 is 10.6 Å². The third-order valence-electron chi connectivity index (χ3n) is 2.55. The largest absolute Gasteiger partial charge is 0.490 e. The molecule has 0 aromatic heterocycles. The van der Waals surface area contributed by atoms with E-state index in [0.717, 1.165) is 25.9 Å². The Balaban J connectivity index is 2.15. The van der Waals surface area contributed by atoms with Gasteiger partial charge in [-0.2, -0.15) is 13.2 Å². The molecule has 0 unspecified atom stereocenters. The fourth-order valence-electron chi connectivity index (χ4n) is 1.62. The minimum Gasteiger partial charge on any atom is -0.449 e. The maximum absolute atomic E-state index is 11.8. The monoisotopic (exact) mass is 268 g/mol. The second-order valence-electron chi connectivity index (χ2n) is 4.09. The summed E-state index contributed by atoms with van der Waals surface area (Å²) in [6.45, 7) is 1.17. The van der Waals surface area contributed by atoms with Crippen LogP contribution in [0.25, 0.3) is 0 Å². The Morgan fingerprint density at radius 1 is 1.39 bits per heavy atom. The average Bonchev–Trinajstić information content (AvgIpc) is 2.33. The molecule has 0 aromatic carbocycles. The van der Waals surface area contributed by atoms with Gasteiger partial charge in [-0.15, -0.1) is 0 Å². The summed E-state index contributed by atoms with van der Waals surface area (Å²) in [6, 6.07) is 0. The predicted molar refractivity (Wildman–Crippen MR) is 55.6 cm³/mol. The van der Waals surface area contributed by atoms with E-state index in [1.807, 2.05) is 0 Å². The molecular weight excluding hydrogens is 253 g/mol. The Labute approximate surface area is 102 Å². The van der Waals surface area contributed by atoms with Gasteiger partial charge in [-0.05, 0) is 31.8 Å². The Hall–Kier alpha value is -1.31. The zero-order chi connectivity index (χ0) is 13.6. The van der Waals surface area contributed by atoms with Gasteiger partial charge < -0.3 is 15.4 Å². The van der Waals surface area contributed by atoms with Gasteiger partial charge in [0.1, 0.15) is 0 Å². The molecule has 104 valence electrons. The summed E-state index contributed by atoms with van der Waals surface area (Å²) >= 11 is 0. The van der Waals surface area contributed by atoms with Crippen molar-refractivity contribution in [2.75, 3.05) is 26.2 Å². The normalized spacial score (nSPS) is 20.3. The molecule has 0 radical (unpaired) electrons. The molecule has 1 aliphatic heterocycles. The minimum atomic E-state index is -5.06. The first-order valence-corrected chi connectivity index (χ1v) is 5.61. The van der Waals surface area contributed by atoms with Crippen LogP contribution in [0.2, 0.25) is 0 Å². The molecule has 1 aliphatic rings. The average molecular weight is 268 g/mol. The van der Waals surface area contributed by atoms with Crippen LogP contribution in [-0.4, -0.2) is 44.3 Å². The van der Waals surface area contributed by atoms with Crippen LogP contribution in [0, 0.1) is 5.92 Å². The molecule has 1 amide bonds. The molecule has 18 heavy (non-hydrogen) atoms. The zero-order valence-electron chi connectivity index (χ0n) is 9.68. The number of nitrogens with one attached hydrogen (secondary N) is 2. The van der Waals surface area contributed by atoms with Crippen molar-refractivity contribution in [3.05, 3.63) is 0 Å². The molecule has 8 heteroatoms. The predicted octanol–water partition coefficient (Wildman–Crippen LogP) is 0.208. The van der Waals surface area contributed by atoms with E-state index in [1.54, 1.807) is 0 Å². The van der Waals surface area contributed by atoms with E-state index >= 15 is 0 Å². The van der Waals surface area contributed by atoms with Crippen molar-refractivity contribution < 1.29 is 27.5 Å². The summed E-state index contributed by atoms with van der Waals surface area (Å²) in [5.41, 5.74) is 0. The Morgan fingerprint density at radius 2 is 2.11 bits per heavy atom. The Morgan fingerprint density at radius 3 is 2.67 bits per heavy atom. The maximum Gasteiger partial charge on any atom is 0.490 e. The number of carbonyl (C=O) groups excluding carboxylic acids is 2. The molecule has 0 aromatic rings. The van der Waals surface area contributed by atoms with Crippen molar-refractivity contribution in [1.82, 2.24) is 10.6 Å². The number of hydrogen-bond acceptors (Lipinski definition) is 4. The third kappa shape index (κ3) is 5.35. The number of alkyl halides is 3. The lowest BCUT2D eigenvalue weighted by Crippen LogP contribution is -2.40. The number of carbonyl (C=O) groups is 2. The van der Waals surface area contributed by atoms with E-state index < -0.39 is 24.7 Å². The lowest BCUT2D eigenvalue weighted by atomic mass is 10.00. The van der Waals surface area contributed by atoms with Gasteiger partial charge in [-0.1, -0.05) is 0 Å². The fourth-order valence-corrected chi connectivity index (χ4v) is 1.62. The maximum atomic E-state index is 11.8. The second-order valence-corrected chi connectivity index (χ2v) is 4.09. The van der Waals surface area contributed by atoms with Gasteiger partial charge in [0.15, 0.2) is 6.61 Å². The fraction of sp³-hybridized carbons (Fsp3) is 0.800. The highest BCUT2D eigenvalue weighted by atomic mass is 19.4. The first-order chi connectivity index (χ1) is 8.39. The lowest BCUT2D eigenvalue weighted by Gasteiger charge is -2.22. The summed E-state index contributed by atoms with van der Waals surface area (Å²) in [5.74, 6) is -2.81. The molecule has 1 heterocycles. The van der Waals surface area contributed by atoms with Gasteiger partial charge >= 0.3 is 12.1 Å². The first-order valence-electron chi connectivity index (χ1n) is 5.61. The van der Waals surface area contributed by atoms with Crippen molar-refractivity contribution in [2.24, 2.45) is 5.92 Å². The smallest absolute Gasteiger partial charge is 0.449 e. The van der Waals surface area contributed by atoms with Crippen LogP contribution in [0.1, 0.15) is 12.8 Å². The van der Waals surface area contributed by atoms with Crippen molar-refractivity contribution >= 4 is 11.9 Å². The molecule has 0 aliphatic carbocycles. The number of amides is 1. The SMILES string of the molecule is O=C(COC(=O)C(F)(F)F)NC[C@@H]1CCCNC1. The molecule has 0 saturated carbocycles. The number of ether oxygens (including phenoxy) is 1. The Kier molecular flexibility index (Phi) is 5.39. The quantitative estimate of drug-likeness (QED) is 0.715. The topological polar surface area (TPSA) is 67.4 Å². The van der Waals surface area contributed by atoms with Crippen LogP contribution in [-0.2, 0) is 14.3 Å². The highest BCUT2D eigenvalue weighted by Gasteiger charge is 2.41. The van der Waals surface area contributed by atoms with Crippen LogP contribution in [0.4, 0.5) is 13.2 Å². The van der Waals surface area contributed by atoms with Crippen molar-refractivity contribution in [3.63, 3.8) is 0 Å². The standard InChI is InChI=1S/C10H15F3N2O3/c11-10(12,13)9(17)18-6-8(16)15-5-7-2-1-3-14-4-7/h7,14H,1-6H2,(H,15,16)/t7-/m1/s1. The summed E-state index contributed by atoms with van der Waals surface area (Å²) < 4.78 is 39.1. The van der Waals surface area contributed by atoms with Gasteiger partial charge in [0.05, 0.1) is 0 Å². The van der Waals surface area contributed by atoms with Crippen LogP contribution in [0.5, 0.6) is 0 Å². The van der Waals surface area contributed by atoms with E-state index in [-0.39, 0.29) is 5.92 Å². The summed E-state index contributed by atoms with van der Waals surface area (Å²) in [4.78, 5) is 21.5. The number of halogens is 3. The van der Waals surface area contributed by atoms with E-state index in [2.05, 4.69) is 15.4 Å². The van der Waals surface area contributed by atoms with Gasteiger partial charge in [0.25, 0.3) is 5.91 Å². The van der Waals surface area contributed by atoms with Gasteiger partial charge in [-0.25, -0.2) is 4.79 Å². The molecule has 1 rings (SSSR count). The highest BCUT2D eigenvalue weighted by molar-refractivity contribution is 5.82. The third-order valence-corrected chi connectivity index (χ3v) is 2.55. The number of hydrogen-bond donors (Lipinski definition) is 2. The molecule has 5 nitrogen and oxygen atoms in total. The molecular formula is C10H15F3N2O3. The molecule has 1 atom stereocenters. The summed E-state index contributed by atoms with van der Waals surface area (Å²) in [7, 11) is 0. The highest BCUT2D eigenvalue weighted by Crippen LogP contribution is 2.16. The van der Waals surface area contributed by atoms with Crippen LogP contribution in [0.15, 0.2) is 0 Å². The summed E-state index contributed by atoms with van der Waals surface area (Å²) in [6.07, 6.45) is -3.10. The van der Waals surface area contributed by atoms with Crippen LogP contribution >= 0.6 is 0 Å². The van der Waals surface area contributed by atoms with Crippen molar-refractivity contribution in [2.45, 2.75) is 19.0 Å². The van der Waals surface area contributed by atoms with E-state index in [4.69, 9.17) is 0 Å². The van der Waals surface area contributed by atoms with E-state index in [9.17, 15) is 22.8 Å². The van der Waals surface area contributed by atoms with E-state index in [1.165, 1.54) is 0 Å². The van der Waals surface area contributed by atoms with Gasteiger partial charge in [-0.3, -0.25) is 4.79 Å².